The summed E-state index contributed by atoms with van der Waals surface area (Å²) in [5, 5.41) is 0. The molecule has 0 amide bonds. The van der Waals surface area contributed by atoms with Crippen LogP contribution in [0.3, 0.4) is 0 Å². The molecule has 0 saturated heterocycles. The molecule has 2 heterocycles. The highest BCUT2D eigenvalue weighted by Gasteiger charge is 2.10. The van der Waals surface area contributed by atoms with Gasteiger partial charge in [0.05, 0.1) is 0 Å². The average Bonchev–Trinajstić information content (AvgIpc) is 3.66. The number of hydrogen-bond donors (Lipinski definition) is 2. The summed E-state index contributed by atoms with van der Waals surface area (Å²) >= 11 is 0. The van der Waals surface area contributed by atoms with Gasteiger partial charge in [-0.15, -0.1) is 0 Å². The van der Waals surface area contributed by atoms with Crippen molar-refractivity contribution in [1.29, 1.82) is 0 Å². The zero-order valence-electron chi connectivity index (χ0n) is 23.0. The van der Waals surface area contributed by atoms with Crippen LogP contribution in [0.1, 0.15) is 27.7 Å². The van der Waals surface area contributed by atoms with Crippen LogP contribution in [0.5, 0.6) is 0 Å². The summed E-state index contributed by atoms with van der Waals surface area (Å²) in [4.78, 5) is 11.7. The molecular formula is C34H38N4. The van der Waals surface area contributed by atoms with Gasteiger partial charge < -0.3 is 19.8 Å². The molecule has 0 aliphatic heterocycles. The average molecular weight is 503 g/mol. The molecule has 38 heavy (non-hydrogen) atoms. The van der Waals surface area contributed by atoms with E-state index in [0.717, 1.165) is 37.6 Å². The second-order valence-corrected chi connectivity index (χ2v) is 9.62. The van der Waals surface area contributed by atoms with Crippen molar-refractivity contribution in [2.45, 2.75) is 27.7 Å². The lowest BCUT2D eigenvalue weighted by Gasteiger charge is -2.21. The number of nitrogens with one attached hydrogen (secondary N) is 2. The van der Waals surface area contributed by atoms with E-state index >= 15 is 0 Å². The van der Waals surface area contributed by atoms with E-state index in [9.17, 15) is 0 Å². The van der Waals surface area contributed by atoms with Crippen LogP contribution in [-0.4, -0.2) is 36.1 Å². The van der Waals surface area contributed by atoms with Crippen LogP contribution in [0.2, 0.25) is 0 Å². The monoisotopic (exact) mass is 502 g/mol. The molecule has 4 heteroatoms. The standard InChI is InChI=1S/C34H38N4/c1-5-37(6-2)31-16-12-25(13-17-31)33-21-29(23-35-33)27-10-9-11-28(20-27)30-22-34(36-24-30)26-14-18-32(19-15-26)38(7-3)8-4/h9-24,35-36H,5-8H2,1-4H3. The molecule has 2 aromatic heterocycles. The lowest BCUT2D eigenvalue weighted by molar-refractivity contribution is 0.866. The fourth-order valence-corrected chi connectivity index (χ4v) is 5.21. The molecular weight excluding hydrogens is 464 g/mol. The third-order valence-electron chi connectivity index (χ3n) is 7.51. The van der Waals surface area contributed by atoms with Crippen molar-refractivity contribution in [3.05, 3.63) is 97.3 Å². The summed E-state index contributed by atoms with van der Waals surface area (Å²) < 4.78 is 0. The van der Waals surface area contributed by atoms with Gasteiger partial charge in [-0.2, -0.15) is 0 Å². The normalized spacial score (nSPS) is 11.1. The van der Waals surface area contributed by atoms with E-state index < -0.39 is 0 Å². The first-order valence-electron chi connectivity index (χ1n) is 13.8. The highest BCUT2D eigenvalue weighted by Crippen LogP contribution is 2.32. The minimum Gasteiger partial charge on any atom is -0.372 e. The van der Waals surface area contributed by atoms with Crippen molar-refractivity contribution >= 4 is 11.4 Å². The van der Waals surface area contributed by atoms with Crippen molar-refractivity contribution in [2.75, 3.05) is 36.0 Å². The van der Waals surface area contributed by atoms with Gasteiger partial charge in [0.15, 0.2) is 0 Å². The molecule has 2 N–H and O–H groups in total. The quantitative estimate of drug-likeness (QED) is 0.200. The Kier molecular flexibility index (Phi) is 7.69. The van der Waals surface area contributed by atoms with Crippen molar-refractivity contribution < 1.29 is 0 Å². The molecule has 4 nitrogen and oxygen atoms in total. The van der Waals surface area contributed by atoms with E-state index in [0.29, 0.717) is 0 Å². The smallest absolute Gasteiger partial charge is 0.0460 e. The van der Waals surface area contributed by atoms with Crippen LogP contribution in [0.25, 0.3) is 44.8 Å². The number of anilines is 2. The first-order chi connectivity index (χ1) is 18.6. The zero-order chi connectivity index (χ0) is 26.5. The summed E-state index contributed by atoms with van der Waals surface area (Å²) in [6.07, 6.45) is 4.21. The minimum atomic E-state index is 1.02. The first kappa shape index (κ1) is 25.5. The van der Waals surface area contributed by atoms with Crippen molar-refractivity contribution in [3.63, 3.8) is 0 Å². The Balaban J connectivity index is 1.34. The highest BCUT2D eigenvalue weighted by molar-refractivity contribution is 5.78. The molecule has 0 fully saturated rings. The number of aromatic amines is 2. The topological polar surface area (TPSA) is 38.1 Å². The molecule has 5 aromatic rings. The summed E-state index contributed by atoms with van der Waals surface area (Å²) in [7, 11) is 0. The summed E-state index contributed by atoms with van der Waals surface area (Å²) in [5.74, 6) is 0. The fourth-order valence-electron chi connectivity index (χ4n) is 5.21. The second kappa shape index (κ2) is 11.5. The number of nitrogens with zero attached hydrogens (tertiary/aromatic N) is 2. The fraction of sp³-hybridized carbons (Fsp3) is 0.235. The Bertz CT molecular complexity index is 1340. The predicted molar refractivity (Wildman–Crippen MR) is 164 cm³/mol. The van der Waals surface area contributed by atoms with Gasteiger partial charge in [0.25, 0.3) is 0 Å². The molecule has 5 rings (SSSR count). The SMILES string of the molecule is CCN(CC)c1ccc(-c2cc(-c3cccc(-c4c[nH]c(-c5ccc(N(CC)CC)cc5)c4)c3)c[nH]2)cc1. The Labute approximate surface area is 227 Å². The molecule has 0 aliphatic rings. The lowest BCUT2D eigenvalue weighted by Crippen LogP contribution is -2.21. The molecule has 0 unspecified atom stereocenters. The molecule has 0 radical (unpaired) electrons. The van der Waals surface area contributed by atoms with Gasteiger partial charge in [0, 0.05) is 61.3 Å². The van der Waals surface area contributed by atoms with Gasteiger partial charge >= 0.3 is 0 Å². The molecule has 0 bridgehead atoms. The largest absolute Gasteiger partial charge is 0.372 e. The second-order valence-electron chi connectivity index (χ2n) is 9.62. The zero-order valence-corrected chi connectivity index (χ0v) is 23.0. The summed E-state index contributed by atoms with van der Waals surface area (Å²) in [5.41, 5.74) is 12.0. The highest BCUT2D eigenvalue weighted by atomic mass is 15.1. The van der Waals surface area contributed by atoms with Crippen molar-refractivity contribution in [2.24, 2.45) is 0 Å². The first-order valence-corrected chi connectivity index (χ1v) is 13.8. The van der Waals surface area contributed by atoms with Crippen LogP contribution in [-0.2, 0) is 0 Å². The molecule has 3 aromatic carbocycles. The van der Waals surface area contributed by atoms with E-state index in [-0.39, 0.29) is 0 Å². The Morgan fingerprint density at radius 2 is 0.842 bits per heavy atom. The molecule has 0 atom stereocenters. The van der Waals surface area contributed by atoms with Crippen LogP contribution < -0.4 is 9.80 Å². The van der Waals surface area contributed by atoms with Gasteiger partial charge in [0.1, 0.15) is 0 Å². The van der Waals surface area contributed by atoms with E-state index in [1.807, 2.05) is 0 Å². The maximum atomic E-state index is 3.48. The van der Waals surface area contributed by atoms with Crippen LogP contribution in [0.15, 0.2) is 97.3 Å². The maximum Gasteiger partial charge on any atom is 0.0460 e. The van der Waals surface area contributed by atoms with E-state index in [1.54, 1.807) is 0 Å². The Hall–Kier alpha value is -4.18. The summed E-state index contributed by atoms with van der Waals surface area (Å²) in [6, 6.07) is 30.9. The predicted octanol–water partition coefficient (Wildman–Crippen LogP) is 8.70. The minimum absolute atomic E-state index is 1.02. The molecule has 0 saturated carbocycles. The number of hydrogen-bond acceptors (Lipinski definition) is 2. The third-order valence-corrected chi connectivity index (χ3v) is 7.51. The number of rotatable bonds is 10. The number of H-pyrrole nitrogens is 2. The summed E-state index contributed by atoms with van der Waals surface area (Å²) in [6.45, 7) is 12.9. The van der Waals surface area contributed by atoms with Crippen molar-refractivity contribution in [3.8, 4) is 44.8 Å². The third kappa shape index (κ3) is 5.26. The van der Waals surface area contributed by atoms with Gasteiger partial charge in [0.2, 0.25) is 0 Å². The van der Waals surface area contributed by atoms with Crippen LogP contribution in [0.4, 0.5) is 11.4 Å². The van der Waals surface area contributed by atoms with Crippen molar-refractivity contribution in [1.82, 2.24) is 9.97 Å². The molecule has 194 valence electrons. The number of benzene rings is 3. The molecule has 0 aliphatic carbocycles. The Morgan fingerprint density at radius 1 is 0.447 bits per heavy atom. The number of aromatic nitrogens is 2. The van der Waals surface area contributed by atoms with Crippen LogP contribution in [0, 0.1) is 0 Å². The Morgan fingerprint density at radius 3 is 1.21 bits per heavy atom. The van der Waals surface area contributed by atoms with Gasteiger partial charge in [-0.1, -0.05) is 42.5 Å². The maximum absolute atomic E-state index is 3.48. The van der Waals surface area contributed by atoms with Crippen LogP contribution >= 0.6 is 0 Å². The van der Waals surface area contributed by atoms with E-state index in [1.165, 1.54) is 44.8 Å². The van der Waals surface area contributed by atoms with E-state index in [2.05, 4.69) is 145 Å². The van der Waals surface area contributed by atoms with Gasteiger partial charge in [-0.25, -0.2) is 0 Å². The van der Waals surface area contributed by atoms with Gasteiger partial charge in [-0.3, -0.25) is 0 Å². The molecule has 0 spiro atoms. The van der Waals surface area contributed by atoms with E-state index in [4.69, 9.17) is 0 Å². The van der Waals surface area contributed by atoms with Gasteiger partial charge in [-0.05, 0) is 104 Å². The lowest BCUT2D eigenvalue weighted by atomic mass is 10.0.